The summed E-state index contributed by atoms with van der Waals surface area (Å²) in [4.78, 5) is 13.7. The standard InChI is InChI=1S/C9H14N4O2/c1-6-5-15-3-2-13(6)9(14)7-4-8(10)12-11-7/h4,6H,2-3,5H2,1H3,(H3,10,11,12). The molecule has 1 aliphatic rings. The van der Waals surface area contributed by atoms with E-state index in [2.05, 4.69) is 10.2 Å². The smallest absolute Gasteiger partial charge is 0.272 e. The van der Waals surface area contributed by atoms with Gasteiger partial charge in [-0.25, -0.2) is 0 Å². The topological polar surface area (TPSA) is 84.2 Å². The van der Waals surface area contributed by atoms with E-state index in [4.69, 9.17) is 10.5 Å². The molecule has 2 heterocycles. The van der Waals surface area contributed by atoms with E-state index < -0.39 is 0 Å². The van der Waals surface area contributed by atoms with Crippen LogP contribution in [0.1, 0.15) is 17.4 Å². The number of hydrogen-bond acceptors (Lipinski definition) is 4. The summed E-state index contributed by atoms with van der Waals surface area (Å²) in [5.74, 6) is 0.259. The van der Waals surface area contributed by atoms with Crippen molar-refractivity contribution in [2.75, 3.05) is 25.5 Å². The third kappa shape index (κ3) is 1.94. The summed E-state index contributed by atoms with van der Waals surface area (Å²) in [6, 6.07) is 1.64. The van der Waals surface area contributed by atoms with E-state index in [0.29, 0.717) is 31.3 Å². The zero-order valence-electron chi connectivity index (χ0n) is 8.56. The minimum absolute atomic E-state index is 0.0741. The lowest BCUT2D eigenvalue weighted by Crippen LogP contribution is -2.47. The van der Waals surface area contributed by atoms with Crippen molar-refractivity contribution in [1.82, 2.24) is 15.1 Å². The lowest BCUT2D eigenvalue weighted by molar-refractivity contribution is 0.00327. The SMILES string of the molecule is CC1COCCN1C(=O)c1cc(N)n[nH]1. The maximum atomic E-state index is 12.0. The number of amides is 1. The maximum Gasteiger partial charge on any atom is 0.272 e. The second kappa shape index (κ2) is 3.90. The molecule has 15 heavy (non-hydrogen) atoms. The third-order valence-corrected chi connectivity index (χ3v) is 2.46. The molecule has 0 aliphatic carbocycles. The first-order valence-electron chi connectivity index (χ1n) is 4.88. The number of morpholine rings is 1. The zero-order valence-corrected chi connectivity index (χ0v) is 8.56. The summed E-state index contributed by atoms with van der Waals surface area (Å²) in [5.41, 5.74) is 5.87. The van der Waals surface area contributed by atoms with Gasteiger partial charge in [0.25, 0.3) is 5.91 Å². The predicted octanol–water partition coefficient (Wildman–Crippen LogP) is -0.147. The van der Waals surface area contributed by atoms with Crippen molar-refractivity contribution in [1.29, 1.82) is 0 Å². The Hall–Kier alpha value is -1.56. The van der Waals surface area contributed by atoms with E-state index in [0.717, 1.165) is 0 Å². The number of carbonyl (C=O) groups is 1. The number of nitrogens with zero attached hydrogens (tertiary/aromatic N) is 2. The average molecular weight is 210 g/mol. The van der Waals surface area contributed by atoms with Crippen LogP contribution < -0.4 is 5.73 Å². The molecule has 6 heteroatoms. The van der Waals surface area contributed by atoms with Crippen molar-refractivity contribution in [3.63, 3.8) is 0 Å². The van der Waals surface area contributed by atoms with Gasteiger partial charge in [0.15, 0.2) is 0 Å². The van der Waals surface area contributed by atoms with E-state index in [1.165, 1.54) is 0 Å². The number of carbonyl (C=O) groups excluding carboxylic acids is 1. The van der Waals surface area contributed by atoms with Gasteiger partial charge in [-0.2, -0.15) is 5.10 Å². The number of rotatable bonds is 1. The molecular formula is C9H14N4O2. The minimum Gasteiger partial charge on any atom is -0.382 e. The summed E-state index contributed by atoms with van der Waals surface area (Å²) in [5, 5.41) is 6.35. The Kier molecular flexibility index (Phi) is 2.59. The van der Waals surface area contributed by atoms with Crippen LogP contribution in [0.25, 0.3) is 0 Å². The van der Waals surface area contributed by atoms with Crippen LogP contribution in [0.5, 0.6) is 0 Å². The Morgan fingerprint density at radius 3 is 3.20 bits per heavy atom. The summed E-state index contributed by atoms with van der Waals surface area (Å²) in [6.45, 7) is 3.73. The van der Waals surface area contributed by atoms with Gasteiger partial charge in [0, 0.05) is 12.6 Å². The maximum absolute atomic E-state index is 12.0. The molecule has 0 bridgehead atoms. The Balaban J connectivity index is 2.13. The van der Waals surface area contributed by atoms with Gasteiger partial charge in [-0.3, -0.25) is 9.89 Å². The summed E-state index contributed by atoms with van der Waals surface area (Å²) in [6.07, 6.45) is 0. The fourth-order valence-electron chi connectivity index (χ4n) is 1.63. The number of H-pyrrole nitrogens is 1. The lowest BCUT2D eigenvalue weighted by Gasteiger charge is -2.32. The second-order valence-corrected chi connectivity index (χ2v) is 3.63. The number of nitrogens with one attached hydrogen (secondary N) is 1. The lowest BCUT2D eigenvalue weighted by atomic mass is 10.2. The van der Waals surface area contributed by atoms with Crippen LogP contribution in [0.2, 0.25) is 0 Å². The van der Waals surface area contributed by atoms with Crippen LogP contribution >= 0.6 is 0 Å². The first-order chi connectivity index (χ1) is 7.18. The van der Waals surface area contributed by atoms with Gasteiger partial charge >= 0.3 is 0 Å². The number of nitrogens with two attached hydrogens (primary N) is 1. The van der Waals surface area contributed by atoms with E-state index in [-0.39, 0.29) is 11.9 Å². The van der Waals surface area contributed by atoms with Gasteiger partial charge in [0.05, 0.1) is 19.3 Å². The molecule has 1 aromatic heterocycles. The fraction of sp³-hybridized carbons (Fsp3) is 0.556. The number of aromatic amines is 1. The van der Waals surface area contributed by atoms with Crippen molar-refractivity contribution < 1.29 is 9.53 Å². The highest BCUT2D eigenvalue weighted by molar-refractivity contribution is 5.93. The van der Waals surface area contributed by atoms with Crippen LogP contribution in [0.15, 0.2) is 6.07 Å². The quantitative estimate of drug-likeness (QED) is 0.675. The van der Waals surface area contributed by atoms with Crippen LogP contribution in [-0.2, 0) is 4.74 Å². The fourth-order valence-corrected chi connectivity index (χ4v) is 1.63. The highest BCUT2D eigenvalue weighted by atomic mass is 16.5. The van der Waals surface area contributed by atoms with Gasteiger partial charge in [-0.15, -0.1) is 0 Å². The van der Waals surface area contributed by atoms with Crippen LogP contribution in [0, 0.1) is 0 Å². The number of hydrogen-bond donors (Lipinski definition) is 2. The van der Waals surface area contributed by atoms with E-state index in [1.807, 2.05) is 6.92 Å². The molecule has 0 spiro atoms. The zero-order chi connectivity index (χ0) is 10.8. The summed E-state index contributed by atoms with van der Waals surface area (Å²) in [7, 11) is 0. The molecule has 1 fully saturated rings. The van der Waals surface area contributed by atoms with E-state index in [1.54, 1.807) is 11.0 Å². The van der Waals surface area contributed by atoms with E-state index in [9.17, 15) is 4.79 Å². The highest BCUT2D eigenvalue weighted by Crippen LogP contribution is 2.11. The van der Waals surface area contributed by atoms with Crippen LogP contribution in [-0.4, -0.2) is 46.8 Å². The molecule has 1 aromatic rings. The normalized spacial score (nSPS) is 21.7. The summed E-state index contributed by atoms with van der Waals surface area (Å²) < 4.78 is 5.26. The average Bonchev–Trinajstić information content (AvgIpc) is 2.65. The molecule has 6 nitrogen and oxygen atoms in total. The molecule has 1 saturated heterocycles. The molecule has 82 valence electrons. The minimum atomic E-state index is -0.0741. The predicted molar refractivity (Wildman–Crippen MR) is 54.3 cm³/mol. The van der Waals surface area contributed by atoms with Crippen molar-refractivity contribution in [3.05, 3.63) is 11.8 Å². The van der Waals surface area contributed by atoms with Crippen molar-refractivity contribution in [3.8, 4) is 0 Å². The van der Waals surface area contributed by atoms with Gasteiger partial charge in [0.1, 0.15) is 11.5 Å². The Morgan fingerprint density at radius 2 is 2.60 bits per heavy atom. The summed E-state index contributed by atoms with van der Waals surface area (Å²) >= 11 is 0. The van der Waals surface area contributed by atoms with Crippen molar-refractivity contribution >= 4 is 11.7 Å². The molecule has 1 unspecified atom stereocenters. The second-order valence-electron chi connectivity index (χ2n) is 3.63. The monoisotopic (exact) mass is 210 g/mol. The molecule has 1 amide bonds. The molecule has 2 rings (SSSR count). The van der Waals surface area contributed by atoms with Crippen LogP contribution in [0.3, 0.4) is 0 Å². The number of ether oxygens (including phenoxy) is 1. The van der Waals surface area contributed by atoms with Crippen LogP contribution in [0.4, 0.5) is 5.82 Å². The first-order valence-corrected chi connectivity index (χ1v) is 4.88. The van der Waals surface area contributed by atoms with Gasteiger partial charge < -0.3 is 15.4 Å². The Bertz CT molecular complexity index is 363. The molecule has 3 N–H and O–H groups in total. The Labute approximate surface area is 87.4 Å². The van der Waals surface area contributed by atoms with Gasteiger partial charge in [-0.05, 0) is 6.92 Å². The molecule has 0 aromatic carbocycles. The van der Waals surface area contributed by atoms with E-state index >= 15 is 0 Å². The third-order valence-electron chi connectivity index (χ3n) is 2.46. The molecule has 1 atom stereocenters. The Morgan fingerprint density at radius 1 is 1.80 bits per heavy atom. The van der Waals surface area contributed by atoms with Gasteiger partial charge in [-0.1, -0.05) is 0 Å². The molecule has 0 radical (unpaired) electrons. The van der Waals surface area contributed by atoms with Gasteiger partial charge in [0.2, 0.25) is 0 Å². The number of aromatic nitrogens is 2. The molecular weight excluding hydrogens is 196 g/mol. The largest absolute Gasteiger partial charge is 0.382 e. The molecule has 0 saturated carbocycles. The first kappa shape index (κ1) is 9.97. The number of anilines is 1. The number of nitrogen functional groups attached to an aromatic ring is 1. The van der Waals surface area contributed by atoms with Crippen molar-refractivity contribution in [2.45, 2.75) is 13.0 Å². The highest BCUT2D eigenvalue weighted by Gasteiger charge is 2.25. The van der Waals surface area contributed by atoms with Crippen molar-refractivity contribution in [2.24, 2.45) is 0 Å². The molecule has 1 aliphatic heterocycles.